The molecule has 3 aliphatic rings. The van der Waals surface area contributed by atoms with Gasteiger partial charge < -0.3 is 34.2 Å². The molecule has 352 valence electrons. The van der Waals surface area contributed by atoms with E-state index in [-0.39, 0.29) is 41.0 Å². The molecule has 0 radical (unpaired) electrons. The van der Waals surface area contributed by atoms with Crippen molar-refractivity contribution in [3.05, 3.63) is 112 Å². The van der Waals surface area contributed by atoms with Gasteiger partial charge in [-0.2, -0.15) is 0 Å². The molecule has 4 aromatic heterocycles. The van der Waals surface area contributed by atoms with Crippen LogP contribution in [-0.4, -0.2) is 86.8 Å². The fourth-order valence-electron chi connectivity index (χ4n) is 10.3. The third kappa shape index (κ3) is 8.99. The van der Waals surface area contributed by atoms with E-state index in [9.17, 15) is 4.79 Å². The van der Waals surface area contributed by atoms with Crippen LogP contribution in [0.25, 0.3) is 5.00 Å². The number of carbonyl (C=O) groups excluding carboxylic acids is 1. The van der Waals surface area contributed by atoms with E-state index in [0.29, 0.717) is 29.6 Å². The minimum absolute atomic E-state index is 0.152. The van der Waals surface area contributed by atoms with Gasteiger partial charge in [0.2, 0.25) is 5.95 Å². The second-order valence-electron chi connectivity index (χ2n) is 18.8. The van der Waals surface area contributed by atoms with E-state index in [0.717, 1.165) is 102 Å². The Morgan fingerprint density at radius 3 is 2.37 bits per heavy atom. The zero-order valence-electron chi connectivity index (χ0n) is 40.1. The maximum atomic E-state index is 13.6. The lowest BCUT2D eigenvalue weighted by molar-refractivity contribution is -0.0311. The van der Waals surface area contributed by atoms with Crippen molar-refractivity contribution in [1.29, 1.82) is 0 Å². The number of anilines is 2. The number of hydrogen-bond donors (Lipinski definition) is 2. The molecule has 16 heteroatoms. The monoisotopic (exact) mass is 926 g/mol. The molecule has 67 heavy (non-hydrogen) atoms. The molecule has 0 bridgehead atoms. The standard InChI is InChI=1S/C51H62N10O5S/c1-10-41(50(6,7)42(11-2)66-36-16-17-38(52-8)40(24-36)63-9)57-47(62)34-28-54-49(55-29-34)60-21-18-51(19-22-60)26-37(27-51)65-35-14-12-33(13-15-35)45-44-30(3)31(4)67-48(44)61-32(5)58-59-46(61)39(56-45)25-43-53-20-23-64-43/h12-17,20,23-24,28-29,37,39,41-42,52H,10-11,18-19,21-22,25-27H2,1-9H3,(H,57,62)/t39-,41-,42-/m0/s1. The molecule has 9 rings (SSSR count). The Morgan fingerprint density at radius 1 is 0.985 bits per heavy atom. The number of fused-ring (bicyclic) bond motifs is 3. The number of thiophene rings is 1. The lowest BCUT2D eigenvalue weighted by Gasteiger charge is -2.51. The molecule has 6 heterocycles. The summed E-state index contributed by atoms with van der Waals surface area (Å²) < 4.78 is 26.5. The summed E-state index contributed by atoms with van der Waals surface area (Å²) in [7, 11) is 3.51. The fourth-order valence-corrected chi connectivity index (χ4v) is 11.5. The molecule has 2 fully saturated rings. The molecule has 1 aliphatic carbocycles. The first-order valence-corrected chi connectivity index (χ1v) is 24.3. The highest BCUT2D eigenvalue weighted by Gasteiger charge is 2.47. The number of oxazole rings is 1. The van der Waals surface area contributed by atoms with Crippen LogP contribution in [0, 0.1) is 31.6 Å². The number of amides is 1. The van der Waals surface area contributed by atoms with Crippen molar-refractivity contribution >= 4 is 34.6 Å². The Bertz CT molecular complexity index is 2710. The van der Waals surface area contributed by atoms with Crippen LogP contribution in [0.5, 0.6) is 17.2 Å². The number of piperidine rings is 1. The predicted octanol–water partition coefficient (Wildman–Crippen LogP) is 9.44. The van der Waals surface area contributed by atoms with Gasteiger partial charge in [0, 0.05) is 66.1 Å². The van der Waals surface area contributed by atoms with Gasteiger partial charge in [-0.25, -0.2) is 15.0 Å². The molecule has 1 spiro atoms. The summed E-state index contributed by atoms with van der Waals surface area (Å²) in [5, 5.41) is 16.6. The zero-order valence-corrected chi connectivity index (χ0v) is 40.9. The molecule has 3 atom stereocenters. The van der Waals surface area contributed by atoms with Gasteiger partial charge in [0.15, 0.2) is 11.7 Å². The normalized spacial score (nSPS) is 17.7. The number of aliphatic imine (C=N–C) groups is 1. The number of carbonyl (C=O) groups is 1. The summed E-state index contributed by atoms with van der Waals surface area (Å²) in [6.45, 7) is 16.5. The third-order valence-electron chi connectivity index (χ3n) is 14.4. The van der Waals surface area contributed by atoms with Crippen LogP contribution >= 0.6 is 11.3 Å². The van der Waals surface area contributed by atoms with Gasteiger partial charge in [-0.05, 0) is 107 Å². The minimum Gasteiger partial charge on any atom is -0.494 e. The van der Waals surface area contributed by atoms with Crippen molar-refractivity contribution in [2.45, 2.75) is 118 Å². The molecule has 6 aromatic rings. The van der Waals surface area contributed by atoms with E-state index in [1.807, 2.05) is 32.2 Å². The van der Waals surface area contributed by atoms with Crippen LogP contribution in [0.1, 0.15) is 122 Å². The topological polar surface area (TPSA) is 167 Å². The van der Waals surface area contributed by atoms with Crippen molar-refractivity contribution < 1.29 is 23.4 Å². The van der Waals surface area contributed by atoms with E-state index in [1.165, 1.54) is 10.4 Å². The third-order valence-corrected chi connectivity index (χ3v) is 15.6. The Labute approximate surface area is 396 Å². The number of nitrogens with zero attached hydrogens (tertiary/aromatic N) is 8. The number of rotatable bonds is 16. The van der Waals surface area contributed by atoms with Gasteiger partial charge in [-0.1, -0.05) is 27.7 Å². The van der Waals surface area contributed by atoms with Crippen molar-refractivity contribution in [1.82, 2.24) is 35.0 Å². The molecular formula is C51H62N10O5S. The maximum absolute atomic E-state index is 13.6. The Morgan fingerprint density at radius 2 is 1.72 bits per heavy atom. The first-order chi connectivity index (χ1) is 32.3. The van der Waals surface area contributed by atoms with Gasteiger partial charge in [0.1, 0.15) is 46.5 Å². The van der Waals surface area contributed by atoms with Gasteiger partial charge in [-0.15, -0.1) is 21.5 Å². The lowest BCUT2D eigenvalue weighted by atomic mass is 9.61. The van der Waals surface area contributed by atoms with Gasteiger partial charge in [0.05, 0.1) is 42.8 Å². The number of ether oxygens (including phenoxy) is 3. The van der Waals surface area contributed by atoms with Crippen molar-refractivity contribution in [2.75, 3.05) is 37.5 Å². The molecular weight excluding hydrogens is 865 g/mol. The number of aryl methyl sites for hydroxylation is 2. The van der Waals surface area contributed by atoms with Crippen LogP contribution < -0.4 is 29.7 Å². The van der Waals surface area contributed by atoms with Crippen molar-refractivity contribution in [3.63, 3.8) is 0 Å². The molecule has 2 N–H and O–H groups in total. The first-order valence-electron chi connectivity index (χ1n) is 23.5. The zero-order chi connectivity index (χ0) is 47.0. The number of benzene rings is 2. The minimum atomic E-state index is -0.387. The van der Waals surface area contributed by atoms with Crippen molar-refractivity contribution in [3.8, 4) is 22.2 Å². The summed E-state index contributed by atoms with van der Waals surface area (Å²) in [4.78, 5) is 36.2. The maximum Gasteiger partial charge on any atom is 0.254 e. The average molecular weight is 927 g/mol. The number of hydrogen-bond acceptors (Lipinski definition) is 14. The Kier molecular flexibility index (Phi) is 12.8. The van der Waals surface area contributed by atoms with E-state index in [4.69, 9.17) is 23.6 Å². The largest absolute Gasteiger partial charge is 0.494 e. The van der Waals surface area contributed by atoms with Gasteiger partial charge >= 0.3 is 0 Å². The number of nitrogens with one attached hydrogen (secondary N) is 2. The highest BCUT2D eigenvalue weighted by atomic mass is 32.1. The second kappa shape index (κ2) is 18.8. The molecule has 2 aromatic carbocycles. The van der Waals surface area contributed by atoms with Crippen LogP contribution in [0.4, 0.5) is 11.6 Å². The summed E-state index contributed by atoms with van der Waals surface area (Å²) in [5.41, 5.74) is 5.45. The summed E-state index contributed by atoms with van der Waals surface area (Å²) in [6.07, 6.45) is 12.7. The van der Waals surface area contributed by atoms with Crippen LogP contribution in [-0.2, 0) is 6.42 Å². The van der Waals surface area contributed by atoms with Crippen LogP contribution in [0.3, 0.4) is 0 Å². The van der Waals surface area contributed by atoms with Gasteiger partial charge in [0.25, 0.3) is 5.91 Å². The molecule has 15 nitrogen and oxygen atoms in total. The summed E-state index contributed by atoms with van der Waals surface area (Å²) >= 11 is 1.75. The first kappa shape index (κ1) is 45.8. The molecule has 1 amide bonds. The fraction of sp³-hybridized carbons (Fsp3) is 0.471. The molecule has 2 aliphatic heterocycles. The van der Waals surface area contributed by atoms with E-state index < -0.39 is 0 Å². The van der Waals surface area contributed by atoms with Crippen LogP contribution in [0.15, 0.2) is 76.7 Å². The quantitative estimate of drug-likeness (QED) is 0.0946. The lowest BCUT2D eigenvalue weighted by Crippen LogP contribution is -2.52. The van der Waals surface area contributed by atoms with E-state index in [1.54, 1.807) is 43.3 Å². The van der Waals surface area contributed by atoms with Gasteiger partial charge in [-0.3, -0.25) is 14.4 Å². The predicted molar refractivity (Wildman–Crippen MR) is 261 cm³/mol. The second-order valence-corrected chi connectivity index (χ2v) is 20.0. The number of aromatic nitrogens is 6. The van der Waals surface area contributed by atoms with Crippen molar-refractivity contribution in [2.24, 2.45) is 15.8 Å². The molecule has 1 saturated carbocycles. The summed E-state index contributed by atoms with van der Waals surface area (Å²) in [6, 6.07) is 13.7. The highest BCUT2D eigenvalue weighted by molar-refractivity contribution is 7.15. The SMILES string of the molecule is CC[C@H](NC(=O)c1cnc(N2CCC3(CC2)CC(Oc2ccc(C4=N[C@@H](Cc5ncco5)c5nnc(C)n5-c5sc(C)c(C)c54)cc2)C3)nc1)C(C)(C)[C@H](CC)Oc1ccc(NC)c(OC)c1. The Balaban J connectivity index is 0.789. The molecule has 0 unspecified atom stereocenters. The smallest absolute Gasteiger partial charge is 0.254 e. The highest BCUT2D eigenvalue weighted by Crippen LogP contribution is 2.51. The molecule has 1 saturated heterocycles. The van der Waals surface area contributed by atoms with E-state index in [2.05, 4.69) is 111 Å². The average Bonchev–Trinajstić information content (AvgIpc) is 4.04. The van der Waals surface area contributed by atoms with Crippen LogP contribution in [0.2, 0.25) is 0 Å². The Hall–Kier alpha value is -6.29. The van der Waals surface area contributed by atoms with E-state index >= 15 is 0 Å². The summed E-state index contributed by atoms with van der Waals surface area (Å²) in [5.74, 6) is 4.98. The number of methoxy groups -OCH3 is 1.